The fourth-order valence-corrected chi connectivity index (χ4v) is 2.39. The normalized spacial score (nSPS) is 11.5. The number of aryl methyl sites for hydroxylation is 1. The van der Waals surface area contributed by atoms with E-state index in [0.717, 1.165) is 16.9 Å². The molecule has 25 heavy (non-hydrogen) atoms. The van der Waals surface area contributed by atoms with Crippen LogP contribution in [0, 0.1) is 13.8 Å². The van der Waals surface area contributed by atoms with E-state index in [0.29, 0.717) is 17.8 Å². The van der Waals surface area contributed by atoms with E-state index >= 15 is 0 Å². The third kappa shape index (κ3) is 5.08. The van der Waals surface area contributed by atoms with Gasteiger partial charge >= 0.3 is 0 Å². The number of anilines is 2. The minimum Gasteiger partial charge on any atom is -0.480 e. The van der Waals surface area contributed by atoms with Gasteiger partial charge in [0.05, 0.1) is 0 Å². The summed E-state index contributed by atoms with van der Waals surface area (Å²) in [5.74, 6) is 0.392. The molecule has 2 aromatic rings. The van der Waals surface area contributed by atoms with Crippen LogP contribution in [0.5, 0.6) is 5.75 Å². The van der Waals surface area contributed by atoms with Gasteiger partial charge in [0.2, 0.25) is 5.91 Å². The van der Waals surface area contributed by atoms with Crippen LogP contribution in [0.25, 0.3) is 0 Å². The van der Waals surface area contributed by atoms with Crippen molar-refractivity contribution in [3.63, 3.8) is 0 Å². The molecular formula is C20H24N2O3. The number of carbonyl (C=O) groups excluding carboxylic acids is 2. The molecule has 2 rings (SSSR count). The minimum absolute atomic E-state index is 0.134. The van der Waals surface area contributed by atoms with E-state index in [1.807, 2.05) is 39.0 Å². The van der Waals surface area contributed by atoms with Gasteiger partial charge in [0.25, 0.3) is 5.91 Å². The molecule has 0 heterocycles. The van der Waals surface area contributed by atoms with E-state index in [1.54, 1.807) is 24.3 Å². The highest BCUT2D eigenvalue weighted by Crippen LogP contribution is 2.23. The Bertz CT molecular complexity index is 754. The van der Waals surface area contributed by atoms with Crippen molar-refractivity contribution in [1.82, 2.24) is 0 Å². The molecule has 2 aromatic carbocycles. The molecule has 0 spiro atoms. The lowest BCUT2D eigenvalue weighted by Crippen LogP contribution is -2.32. The minimum atomic E-state index is -0.574. The Balaban J connectivity index is 2.04. The molecule has 0 radical (unpaired) electrons. The number of ether oxygens (including phenoxy) is 1. The lowest BCUT2D eigenvalue weighted by Gasteiger charge is -2.19. The third-order valence-electron chi connectivity index (χ3n) is 3.96. The zero-order valence-electron chi connectivity index (χ0n) is 15.1. The number of benzene rings is 2. The van der Waals surface area contributed by atoms with Crippen LogP contribution in [-0.4, -0.2) is 17.9 Å². The van der Waals surface area contributed by atoms with E-state index in [2.05, 4.69) is 10.6 Å². The highest BCUT2D eigenvalue weighted by Gasteiger charge is 2.19. The first kappa shape index (κ1) is 18.5. The van der Waals surface area contributed by atoms with Gasteiger partial charge in [0.15, 0.2) is 6.10 Å². The van der Waals surface area contributed by atoms with Crippen molar-refractivity contribution in [2.45, 2.75) is 40.2 Å². The van der Waals surface area contributed by atoms with Crippen LogP contribution in [0.1, 0.15) is 31.4 Å². The van der Waals surface area contributed by atoms with Gasteiger partial charge in [-0.1, -0.05) is 19.1 Å². The third-order valence-corrected chi connectivity index (χ3v) is 3.96. The fraction of sp³-hybridized carbons (Fsp3) is 0.300. The number of amides is 2. The molecule has 0 fully saturated rings. The van der Waals surface area contributed by atoms with Crippen LogP contribution in [0.4, 0.5) is 11.4 Å². The molecule has 0 aliphatic rings. The van der Waals surface area contributed by atoms with Gasteiger partial charge in [-0.15, -0.1) is 0 Å². The first-order valence-corrected chi connectivity index (χ1v) is 8.32. The molecule has 2 amide bonds. The molecule has 0 aliphatic heterocycles. The maximum absolute atomic E-state index is 12.5. The van der Waals surface area contributed by atoms with Gasteiger partial charge < -0.3 is 15.4 Å². The van der Waals surface area contributed by atoms with E-state index < -0.39 is 6.10 Å². The van der Waals surface area contributed by atoms with Crippen LogP contribution >= 0.6 is 0 Å². The Morgan fingerprint density at radius 3 is 2.16 bits per heavy atom. The number of nitrogens with one attached hydrogen (secondary N) is 2. The van der Waals surface area contributed by atoms with E-state index in [-0.39, 0.29) is 11.8 Å². The molecule has 5 heteroatoms. The van der Waals surface area contributed by atoms with Gasteiger partial charge in [-0.05, 0) is 61.7 Å². The topological polar surface area (TPSA) is 67.4 Å². The summed E-state index contributed by atoms with van der Waals surface area (Å²) in [4.78, 5) is 23.5. The van der Waals surface area contributed by atoms with Crippen LogP contribution < -0.4 is 15.4 Å². The van der Waals surface area contributed by atoms with Gasteiger partial charge in [0.1, 0.15) is 5.75 Å². The van der Waals surface area contributed by atoms with E-state index in [9.17, 15) is 9.59 Å². The molecule has 1 atom stereocenters. The zero-order valence-corrected chi connectivity index (χ0v) is 15.1. The average Bonchev–Trinajstić information content (AvgIpc) is 2.57. The van der Waals surface area contributed by atoms with Crippen molar-refractivity contribution in [3.05, 3.63) is 53.6 Å². The highest BCUT2D eigenvalue weighted by atomic mass is 16.5. The summed E-state index contributed by atoms with van der Waals surface area (Å²) in [5, 5.41) is 5.54. The Labute approximate surface area is 148 Å². The average molecular weight is 340 g/mol. The predicted octanol–water partition coefficient (Wildman–Crippen LogP) is 4.06. The van der Waals surface area contributed by atoms with Crippen LogP contribution in [0.15, 0.2) is 42.5 Å². The van der Waals surface area contributed by atoms with Crippen LogP contribution in [0.3, 0.4) is 0 Å². The summed E-state index contributed by atoms with van der Waals surface area (Å²) in [6.07, 6.45) is -0.0149. The predicted molar refractivity (Wildman–Crippen MR) is 100.0 cm³/mol. The van der Waals surface area contributed by atoms with E-state index in [1.165, 1.54) is 6.92 Å². The molecule has 0 bridgehead atoms. The molecule has 0 saturated carbocycles. The second-order valence-corrected chi connectivity index (χ2v) is 5.96. The standard InChI is InChI=1S/C20H24N2O3/c1-5-18(25-19-8-6-7-13(2)14(19)3)20(24)22-17-11-9-16(10-12-17)21-15(4)23/h6-12,18H,5H2,1-4H3,(H,21,23)(H,22,24)/t18-/m1/s1. The van der Waals surface area contributed by atoms with Crippen LogP contribution in [0.2, 0.25) is 0 Å². The quantitative estimate of drug-likeness (QED) is 0.833. The Morgan fingerprint density at radius 1 is 1.00 bits per heavy atom. The van der Waals surface area contributed by atoms with Crippen molar-refractivity contribution in [1.29, 1.82) is 0 Å². The summed E-state index contributed by atoms with van der Waals surface area (Å²) in [5.41, 5.74) is 3.50. The molecule has 5 nitrogen and oxygen atoms in total. The molecule has 0 saturated heterocycles. The van der Waals surface area contributed by atoms with Gasteiger partial charge in [-0.25, -0.2) is 0 Å². The van der Waals surface area contributed by atoms with Gasteiger partial charge in [-0.2, -0.15) is 0 Å². The molecule has 0 aliphatic carbocycles. The highest BCUT2D eigenvalue weighted by molar-refractivity contribution is 5.95. The summed E-state index contributed by atoms with van der Waals surface area (Å²) < 4.78 is 5.92. The molecular weight excluding hydrogens is 316 g/mol. The Morgan fingerprint density at radius 2 is 1.60 bits per heavy atom. The smallest absolute Gasteiger partial charge is 0.265 e. The largest absolute Gasteiger partial charge is 0.480 e. The fourth-order valence-electron chi connectivity index (χ4n) is 2.39. The molecule has 0 aromatic heterocycles. The number of hydrogen-bond acceptors (Lipinski definition) is 3. The second-order valence-electron chi connectivity index (χ2n) is 5.96. The van der Waals surface area contributed by atoms with Crippen molar-refractivity contribution in [2.24, 2.45) is 0 Å². The van der Waals surface area contributed by atoms with Crippen molar-refractivity contribution < 1.29 is 14.3 Å². The maximum atomic E-state index is 12.5. The maximum Gasteiger partial charge on any atom is 0.265 e. The number of hydrogen-bond donors (Lipinski definition) is 2. The summed E-state index contributed by atoms with van der Waals surface area (Å²) in [6, 6.07) is 12.8. The lowest BCUT2D eigenvalue weighted by molar-refractivity contribution is -0.122. The van der Waals surface area contributed by atoms with Crippen molar-refractivity contribution in [3.8, 4) is 5.75 Å². The summed E-state index contributed by atoms with van der Waals surface area (Å²) in [6.45, 7) is 7.36. The van der Waals surface area contributed by atoms with Crippen molar-refractivity contribution >= 4 is 23.2 Å². The van der Waals surface area contributed by atoms with Crippen molar-refractivity contribution in [2.75, 3.05) is 10.6 Å². The van der Waals surface area contributed by atoms with Gasteiger partial charge in [-0.3, -0.25) is 9.59 Å². The SMILES string of the molecule is CC[C@@H](Oc1cccc(C)c1C)C(=O)Nc1ccc(NC(C)=O)cc1. The summed E-state index contributed by atoms with van der Waals surface area (Å²) >= 11 is 0. The zero-order chi connectivity index (χ0) is 18.4. The van der Waals surface area contributed by atoms with Crippen LogP contribution in [-0.2, 0) is 9.59 Å². The lowest BCUT2D eigenvalue weighted by atomic mass is 10.1. The monoisotopic (exact) mass is 340 g/mol. The molecule has 2 N–H and O–H groups in total. The number of carbonyl (C=O) groups is 2. The molecule has 132 valence electrons. The first-order valence-electron chi connectivity index (χ1n) is 8.32. The second kappa shape index (κ2) is 8.33. The Hall–Kier alpha value is -2.82. The first-order chi connectivity index (χ1) is 11.9. The van der Waals surface area contributed by atoms with Gasteiger partial charge in [0, 0.05) is 18.3 Å². The molecule has 0 unspecified atom stereocenters. The van der Waals surface area contributed by atoms with E-state index in [4.69, 9.17) is 4.74 Å². The summed E-state index contributed by atoms with van der Waals surface area (Å²) in [7, 11) is 0. The Kier molecular flexibility index (Phi) is 6.17. The number of rotatable bonds is 6.